The van der Waals surface area contributed by atoms with Crippen molar-refractivity contribution in [3.8, 4) is 5.75 Å². The maximum Gasteiger partial charge on any atom is 0.251 e. The molecule has 1 rings (SSSR count). The predicted molar refractivity (Wildman–Crippen MR) is 76.6 cm³/mol. The summed E-state index contributed by atoms with van der Waals surface area (Å²) in [6.07, 6.45) is -0.535. The summed E-state index contributed by atoms with van der Waals surface area (Å²) < 4.78 is 10.7. The summed E-state index contributed by atoms with van der Waals surface area (Å²) in [5.41, 5.74) is 0.953. The standard InChI is InChI=1S/C15H23NO4/c1-4-16(8-9-17)15(18)12(2)20-11-13-6-5-7-14(10-13)19-3/h5-7,10,12,17H,4,8-9,11H2,1-3H3. The molecule has 0 aliphatic heterocycles. The van der Waals surface area contributed by atoms with Gasteiger partial charge in [0, 0.05) is 13.1 Å². The molecule has 0 aliphatic rings. The average Bonchev–Trinajstić information content (AvgIpc) is 2.49. The van der Waals surface area contributed by atoms with E-state index >= 15 is 0 Å². The van der Waals surface area contributed by atoms with E-state index in [2.05, 4.69) is 0 Å². The van der Waals surface area contributed by atoms with Crippen molar-refractivity contribution in [3.63, 3.8) is 0 Å². The van der Waals surface area contributed by atoms with Gasteiger partial charge in [-0.25, -0.2) is 0 Å². The van der Waals surface area contributed by atoms with Crippen LogP contribution in [-0.2, 0) is 16.1 Å². The fourth-order valence-electron chi connectivity index (χ4n) is 1.86. The molecule has 1 atom stereocenters. The van der Waals surface area contributed by atoms with Gasteiger partial charge in [0.15, 0.2) is 0 Å². The lowest BCUT2D eigenvalue weighted by molar-refractivity contribution is -0.143. The first-order valence-electron chi connectivity index (χ1n) is 6.76. The minimum Gasteiger partial charge on any atom is -0.497 e. The average molecular weight is 281 g/mol. The van der Waals surface area contributed by atoms with Crippen LogP contribution in [0.25, 0.3) is 0 Å². The van der Waals surface area contributed by atoms with Crippen LogP contribution in [0, 0.1) is 0 Å². The van der Waals surface area contributed by atoms with Crippen molar-refractivity contribution in [2.24, 2.45) is 0 Å². The second-order valence-electron chi connectivity index (χ2n) is 4.45. The van der Waals surface area contributed by atoms with E-state index in [1.54, 1.807) is 18.9 Å². The maximum atomic E-state index is 12.1. The van der Waals surface area contributed by atoms with Crippen molar-refractivity contribution in [3.05, 3.63) is 29.8 Å². The molecule has 0 fully saturated rings. The van der Waals surface area contributed by atoms with Crippen molar-refractivity contribution in [1.82, 2.24) is 4.90 Å². The number of ether oxygens (including phenoxy) is 2. The van der Waals surface area contributed by atoms with Gasteiger partial charge in [-0.1, -0.05) is 12.1 Å². The van der Waals surface area contributed by atoms with E-state index in [4.69, 9.17) is 14.6 Å². The van der Waals surface area contributed by atoms with Crippen LogP contribution in [0.4, 0.5) is 0 Å². The normalized spacial score (nSPS) is 12.0. The fourth-order valence-corrected chi connectivity index (χ4v) is 1.86. The molecule has 0 saturated carbocycles. The van der Waals surface area contributed by atoms with E-state index < -0.39 is 6.10 Å². The molecule has 0 saturated heterocycles. The van der Waals surface area contributed by atoms with Gasteiger partial charge >= 0.3 is 0 Å². The van der Waals surface area contributed by atoms with Crippen LogP contribution in [0.15, 0.2) is 24.3 Å². The maximum absolute atomic E-state index is 12.1. The van der Waals surface area contributed by atoms with E-state index in [1.165, 1.54) is 0 Å². The summed E-state index contributed by atoms with van der Waals surface area (Å²) in [4.78, 5) is 13.7. The number of aliphatic hydroxyl groups excluding tert-OH is 1. The molecule has 20 heavy (non-hydrogen) atoms. The number of aliphatic hydroxyl groups is 1. The summed E-state index contributed by atoms with van der Waals surface area (Å²) in [6, 6.07) is 7.54. The van der Waals surface area contributed by atoms with Gasteiger partial charge in [-0.15, -0.1) is 0 Å². The Morgan fingerprint density at radius 2 is 2.20 bits per heavy atom. The molecule has 1 N–H and O–H groups in total. The molecule has 0 spiro atoms. The Labute approximate surface area is 120 Å². The smallest absolute Gasteiger partial charge is 0.251 e. The third-order valence-electron chi connectivity index (χ3n) is 3.05. The van der Waals surface area contributed by atoms with Gasteiger partial charge in [0.05, 0.1) is 20.3 Å². The number of hydrogen-bond acceptors (Lipinski definition) is 4. The third kappa shape index (κ3) is 4.83. The Hall–Kier alpha value is -1.59. The summed E-state index contributed by atoms with van der Waals surface area (Å²) >= 11 is 0. The second kappa shape index (κ2) is 8.55. The minimum atomic E-state index is -0.535. The number of benzene rings is 1. The summed E-state index contributed by atoms with van der Waals surface area (Å²) in [7, 11) is 1.61. The SMILES string of the molecule is CCN(CCO)C(=O)C(C)OCc1cccc(OC)c1. The number of methoxy groups -OCH3 is 1. The topological polar surface area (TPSA) is 59.0 Å². The lowest BCUT2D eigenvalue weighted by atomic mass is 10.2. The number of likely N-dealkylation sites (N-methyl/N-ethyl adjacent to an activating group) is 1. The van der Waals surface area contributed by atoms with Crippen LogP contribution in [0.3, 0.4) is 0 Å². The van der Waals surface area contributed by atoms with Crippen LogP contribution < -0.4 is 4.74 Å². The molecule has 1 unspecified atom stereocenters. The number of carbonyl (C=O) groups excluding carboxylic acids is 1. The molecule has 1 aromatic carbocycles. The zero-order chi connectivity index (χ0) is 15.0. The summed E-state index contributed by atoms with van der Waals surface area (Å²) in [6.45, 7) is 4.81. The summed E-state index contributed by atoms with van der Waals surface area (Å²) in [5.74, 6) is 0.657. The van der Waals surface area contributed by atoms with E-state index in [0.29, 0.717) is 19.7 Å². The first-order chi connectivity index (χ1) is 9.62. The zero-order valence-electron chi connectivity index (χ0n) is 12.3. The van der Waals surface area contributed by atoms with Crippen LogP contribution in [-0.4, -0.2) is 48.8 Å². The molecule has 1 aromatic rings. The molecular formula is C15H23NO4. The van der Waals surface area contributed by atoms with Crippen molar-refractivity contribution < 1.29 is 19.4 Å². The van der Waals surface area contributed by atoms with Crippen LogP contribution in [0.5, 0.6) is 5.75 Å². The number of nitrogens with zero attached hydrogens (tertiary/aromatic N) is 1. The lowest BCUT2D eigenvalue weighted by Crippen LogP contribution is -2.40. The first kappa shape index (κ1) is 16.5. The molecule has 1 amide bonds. The molecule has 0 bridgehead atoms. The van der Waals surface area contributed by atoms with Crippen LogP contribution in [0.1, 0.15) is 19.4 Å². The van der Waals surface area contributed by atoms with Crippen molar-refractivity contribution >= 4 is 5.91 Å². The predicted octanol–water partition coefficient (Wildman–Crippen LogP) is 1.44. The molecule has 5 nitrogen and oxygen atoms in total. The summed E-state index contributed by atoms with van der Waals surface area (Å²) in [5, 5.41) is 8.92. The quantitative estimate of drug-likeness (QED) is 0.783. The Morgan fingerprint density at radius 1 is 1.45 bits per heavy atom. The number of amides is 1. The monoisotopic (exact) mass is 281 g/mol. The minimum absolute atomic E-state index is 0.0395. The Bertz CT molecular complexity index is 422. The van der Waals surface area contributed by atoms with Gasteiger partial charge < -0.3 is 19.5 Å². The molecular weight excluding hydrogens is 258 g/mol. The lowest BCUT2D eigenvalue weighted by Gasteiger charge is -2.23. The van der Waals surface area contributed by atoms with Crippen molar-refractivity contribution in [2.45, 2.75) is 26.6 Å². The highest BCUT2D eigenvalue weighted by Gasteiger charge is 2.19. The number of carbonyl (C=O) groups is 1. The van der Waals surface area contributed by atoms with E-state index in [9.17, 15) is 4.79 Å². The van der Waals surface area contributed by atoms with Crippen molar-refractivity contribution in [1.29, 1.82) is 0 Å². The van der Waals surface area contributed by atoms with Gasteiger partial charge in [0.1, 0.15) is 11.9 Å². The van der Waals surface area contributed by atoms with Gasteiger partial charge in [-0.2, -0.15) is 0 Å². The molecule has 0 heterocycles. The largest absolute Gasteiger partial charge is 0.497 e. The number of hydrogen-bond donors (Lipinski definition) is 1. The van der Waals surface area contributed by atoms with Crippen LogP contribution in [0.2, 0.25) is 0 Å². The van der Waals surface area contributed by atoms with Crippen LogP contribution >= 0.6 is 0 Å². The van der Waals surface area contributed by atoms with Gasteiger partial charge in [0.2, 0.25) is 0 Å². The Kier molecular flexibility index (Phi) is 7.04. The molecule has 0 radical (unpaired) electrons. The Balaban J connectivity index is 2.53. The highest BCUT2D eigenvalue weighted by atomic mass is 16.5. The fraction of sp³-hybridized carbons (Fsp3) is 0.533. The highest BCUT2D eigenvalue weighted by Crippen LogP contribution is 2.14. The number of rotatable bonds is 8. The molecule has 5 heteroatoms. The van der Waals surface area contributed by atoms with E-state index in [1.807, 2.05) is 31.2 Å². The van der Waals surface area contributed by atoms with E-state index in [0.717, 1.165) is 11.3 Å². The van der Waals surface area contributed by atoms with Gasteiger partial charge in [-0.05, 0) is 31.5 Å². The molecule has 0 aliphatic carbocycles. The van der Waals surface area contributed by atoms with Gasteiger partial charge in [0.25, 0.3) is 5.91 Å². The second-order valence-corrected chi connectivity index (χ2v) is 4.45. The van der Waals surface area contributed by atoms with Crippen molar-refractivity contribution in [2.75, 3.05) is 26.8 Å². The third-order valence-corrected chi connectivity index (χ3v) is 3.05. The highest BCUT2D eigenvalue weighted by molar-refractivity contribution is 5.80. The molecule has 112 valence electrons. The Morgan fingerprint density at radius 3 is 2.80 bits per heavy atom. The van der Waals surface area contributed by atoms with E-state index in [-0.39, 0.29) is 12.5 Å². The zero-order valence-corrected chi connectivity index (χ0v) is 12.3. The molecule has 0 aromatic heterocycles. The first-order valence-corrected chi connectivity index (χ1v) is 6.76. The van der Waals surface area contributed by atoms with Gasteiger partial charge in [-0.3, -0.25) is 4.79 Å².